The predicted molar refractivity (Wildman–Crippen MR) is 136 cm³/mol. The summed E-state index contributed by atoms with van der Waals surface area (Å²) in [5.74, 6) is 0.0970. The van der Waals surface area contributed by atoms with Gasteiger partial charge in [0.2, 0.25) is 0 Å². The van der Waals surface area contributed by atoms with Crippen molar-refractivity contribution in [1.29, 1.82) is 0 Å². The molecule has 6 heteroatoms. The lowest BCUT2D eigenvalue weighted by molar-refractivity contribution is -0.144. The highest BCUT2D eigenvalue weighted by Crippen LogP contribution is 2.13. The van der Waals surface area contributed by atoms with Crippen LogP contribution in [0.4, 0.5) is 0 Å². The Morgan fingerprint density at radius 3 is 1.35 bits per heavy atom. The van der Waals surface area contributed by atoms with Crippen molar-refractivity contribution in [2.45, 2.75) is 92.9 Å². The van der Waals surface area contributed by atoms with Crippen LogP contribution in [0.3, 0.4) is 0 Å². The molecule has 0 saturated heterocycles. The Hall–Kier alpha value is -2.50. The zero-order chi connectivity index (χ0) is 25.6. The highest BCUT2D eigenvalue weighted by molar-refractivity contribution is 5.78. The fraction of sp³-hybridized carbons (Fsp3) is 0.643. The maximum atomic E-state index is 11.7. The van der Waals surface area contributed by atoms with Crippen molar-refractivity contribution in [3.05, 3.63) is 48.3 Å². The lowest BCUT2D eigenvalue weighted by atomic mass is 10.0. The number of esters is 2. The van der Waals surface area contributed by atoms with Crippen LogP contribution in [0.1, 0.15) is 92.9 Å². The summed E-state index contributed by atoms with van der Waals surface area (Å²) in [7, 11) is 0. The quantitative estimate of drug-likeness (QED) is 0.0835. The zero-order valence-corrected chi connectivity index (χ0v) is 22.1. The Bertz CT molecular complexity index is 608. The van der Waals surface area contributed by atoms with Crippen molar-refractivity contribution >= 4 is 11.9 Å². The summed E-state index contributed by atoms with van der Waals surface area (Å²) in [4.78, 5) is 23.3. The van der Waals surface area contributed by atoms with Crippen LogP contribution in [0.25, 0.3) is 0 Å². The first-order valence-corrected chi connectivity index (χ1v) is 12.4. The minimum Gasteiger partial charge on any atom is -0.498 e. The van der Waals surface area contributed by atoms with Crippen molar-refractivity contribution in [2.75, 3.05) is 13.2 Å². The van der Waals surface area contributed by atoms with Crippen LogP contribution >= 0.6 is 0 Å². The van der Waals surface area contributed by atoms with Crippen LogP contribution in [0.2, 0.25) is 0 Å². The molecule has 0 saturated carbocycles. The molecule has 2 atom stereocenters. The van der Waals surface area contributed by atoms with Gasteiger partial charge in [0.15, 0.2) is 0 Å². The maximum absolute atomic E-state index is 11.7. The number of ether oxygens (including phenoxy) is 4. The standard InChI is InChI=1S/C28H46O6/c1-23(2)9-7-11-25(5)15-17-31-19-21-33-27(29)13-14-28(30)34-22-20-32-18-16-26(6)12-8-10-24(3)4/h9-10,19-22,25-26H,7-8,11-18H2,1-6H3. The molecule has 0 aromatic carbocycles. The molecule has 0 fully saturated rings. The van der Waals surface area contributed by atoms with Crippen molar-refractivity contribution in [1.82, 2.24) is 0 Å². The van der Waals surface area contributed by atoms with Crippen LogP contribution < -0.4 is 0 Å². The van der Waals surface area contributed by atoms with E-state index in [-0.39, 0.29) is 12.8 Å². The summed E-state index contributed by atoms with van der Waals surface area (Å²) in [6.45, 7) is 13.9. The van der Waals surface area contributed by atoms with Crippen LogP contribution in [-0.4, -0.2) is 25.2 Å². The summed E-state index contributed by atoms with van der Waals surface area (Å²) in [6, 6.07) is 0. The summed E-state index contributed by atoms with van der Waals surface area (Å²) in [5, 5.41) is 0. The van der Waals surface area contributed by atoms with E-state index in [4.69, 9.17) is 18.9 Å². The van der Waals surface area contributed by atoms with Crippen LogP contribution in [0.5, 0.6) is 0 Å². The molecule has 0 spiro atoms. The van der Waals surface area contributed by atoms with Gasteiger partial charge in [0.1, 0.15) is 25.0 Å². The van der Waals surface area contributed by atoms with Crippen molar-refractivity contribution in [3.8, 4) is 0 Å². The molecule has 0 heterocycles. The number of carbonyl (C=O) groups excluding carboxylic acids is 2. The second-order valence-electron chi connectivity index (χ2n) is 9.27. The molecule has 2 unspecified atom stereocenters. The molecule has 194 valence electrons. The van der Waals surface area contributed by atoms with Gasteiger partial charge >= 0.3 is 11.9 Å². The zero-order valence-electron chi connectivity index (χ0n) is 22.1. The molecule has 0 rings (SSSR count). The molecular formula is C28H46O6. The van der Waals surface area contributed by atoms with Gasteiger partial charge in [-0.25, -0.2) is 0 Å². The van der Waals surface area contributed by atoms with Crippen molar-refractivity contribution in [2.24, 2.45) is 11.8 Å². The molecule has 0 aliphatic rings. The summed E-state index contributed by atoms with van der Waals surface area (Å²) < 4.78 is 20.5. The Morgan fingerprint density at radius 1 is 0.618 bits per heavy atom. The first kappa shape index (κ1) is 31.5. The number of allylic oxidation sites excluding steroid dienone is 4. The van der Waals surface area contributed by atoms with Gasteiger partial charge in [-0.1, -0.05) is 37.1 Å². The van der Waals surface area contributed by atoms with E-state index in [1.165, 1.54) is 36.2 Å². The average Bonchev–Trinajstić information content (AvgIpc) is 2.76. The minimum absolute atomic E-state index is 0.0670. The second kappa shape index (κ2) is 21.1. The third-order valence-corrected chi connectivity index (χ3v) is 5.12. The van der Waals surface area contributed by atoms with E-state index in [1.54, 1.807) is 0 Å². The highest BCUT2D eigenvalue weighted by atomic mass is 16.5. The number of rotatable bonds is 19. The summed E-state index contributed by atoms with van der Waals surface area (Å²) >= 11 is 0. The Balaban J connectivity index is 3.73. The Labute approximate surface area is 207 Å². The lowest BCUT2D eigenvalue weighted by Crippen LogP contribution is -2.06. The fourth-order valence-electron chi connectivity index (χ4n) is 2.88. The number of carbonyl (C=O) groups is 2. The molecular weight excluding hydrogens is 432 g/mol. The minimum atomic E-state index is -0.519. The molecule has 0 aliphatic carbocycles. The van der Waals surface area contributed by atoms with E-state index in [0.717, 1.165) is 38.5 Å². The average molecular weight is 479 g/mol. The molecule has 0 aliphatic heterocycles. The van der Waals surface area contributed by atoms with E-state index in [9.17, 15) is 9.59 Å². The topological polar surface area (TPSA) is 71.1 Å². The summed E-state index contributed by atoms with van der Waals surface area (Å²) in [5.41, 5.74) is 2.68. The Morgan fingerprint density at radius 2 is 1.00 bits per heavy atom. The maximum Gasteiger partial charge on any atom is 0.311 e. The normalized spacial score (nSPS) is 12.8. The third kappa shape index (κ3) is 22.7. The van der Waals surface area contributed by atoms with Gasteiger partial charge in [0.25, 0.3) is 0 Å². The predicted octanol–water partition coefficient (Wildman–Crippen LogP) is 7.37. The largest absolute Gasteiger partial charge is 0.498 e. The molecule has 0 bridgehead atoms. The van der Waals surface area contributed by atoms with E-state index in [1.807, 2.05) is 0 Å². The monoisotopic (exact) mass is 478 g/mol. The Kier molecular flexibility index (Phi) is 19.5. The van der Waals surface area contributed by atoms with Crippen molar-refractivity contribution < 1.29 is 28.5 Å². The first-order chi connectivity index (χ1) is 16.2. The van der Waals surface area contributed by atoms with Crippen LogP contribution in [0.15, 0.2) is 48.3 Å². The highest BCUT2D eigenvalue weighted by Gasteiger charge is 2.07. The first-order valence-electron chi connectivity index (χ1n) is 12.4. The number of hydrogen-bond donors (Lipinski definition) is 0. The van der Waals surface area contributed by atoms with Crippen LogP contribution in [0, 0.1) is 11.8 Å². The molecule has 6 nitrogen and oxygen atoms in total. The van der Waals surface area contributed by atoms with E-state index in [2.05, 4.69) is 53.7 Å². The van der Waals surface area contributed by atoms with Gasteiger partial charge in [0.05, 0.1) is 26.1 Å². The van der Waals surface area contributed by atoms with Gasteiger partial charge < -0.3 is 18.9 Å². The lowest BCUT2D eigenvalue weighted by Gasteiger charge is -2.09. The fourth-order valence-corrected chi connectivity index (χ4v) is 2.88. The second-order valence-corrected chi connectivity index (χ2v) is 9.27. The molecule has 0 aromatic heterocycles. The summed E-state index contributed by atoms with van der Waals surface area (Å²) in [6.07, 6.45) is 15.8. The van der Waals surface area contributed by atoms with Gasteiger partial charge in [0, 0.05) is 0 Å². The van der Waals surface area contributed by atoms with E-state index < -0.39 is 11.9 Å². The third-order valence-electron chi connectivity index (χ3n) is 5.12. The molecule has 34 heavy (non-hydrogen) atoms. The van der Waals surface area contributed by atoms with Gasteiger partial charge in [-0.2, -0.15) is 0 Å². The van der Waals surface area contributed by atoms with Gasteiger partial charge in [-0.05, 0) is 78.1 Å². The van der Waals surface area contributed by atoms with Gasteiger partial charge in [-0.3, -0.25) is 9.59 Å². The smallest absolute Gasteiger partial charge is 0.311 e. The number of hydrogen-bond acceptors (Lipinski definition) is 6. The SMILES string of the molecule is CC(C)=CCCC(C)CCOC=COC(=O)CCC(=O)OC=COCCC(C)CCC=C(C)C. The van der Waals surface area contributed by atoms with Gasteiger partial charge in [-0.15, -0.1) is 0 Å². The molecule has 0 radical (unpaired) electrons. The molecule has 0 amide bonds. The molecule has 0 N–H and O–H groups in total. The van der Waals surface area contributed by atoms with Crippen molar-refractivity contribution in [3.63, 3.8) is 0 Å². The van der Waals surface area contributed by atoms with E-state index in [0.29, 0.717) is 25.0 Å². The molecule has 0 aromatic rings. The van der Waals surface area contributed by atoms with Crippen LogP contribution in [-0.2, 0) is 28.5 Å². The van der Waals surface area contributed by atoms with E-state index >= 15 is 0 Å².